The van der Waals surface area contributed by atoms with Gasteiger partial charge in [0.25, 0.3) is 0 Å². The van der Waals surface area contributed by atoms with Crippen molar-refractivity contribution in [2.75, 3.05) is 13.2 Å². The van der Waals surface area contributed by atoms with E-state index >= 15 is 0 Å². The highest BCUT2D eigenvalue weighted by Gasteiger charge is 2.20. The quantitative estimate of drug-likeness (QED) is 0.0320. The summed E-state index contributed by atoms with van der Waals surface area (Å²) in [4.78, 5) is 24.5. The monoisotopic (exact) mass is 1000 g/mol. The third-order valence-corrected chi connectivity index (χ3v) is 15.0. The van der Waals surface area contributed by atoms with Crippen LogP contribution in [-0.2, 0) is 14.3 Å². The van der Waals surface area contributed by atoms with E-state index in [9.17, 15) is 19.8 Å². The zero-order valence-corrected chi connectivity index (χ0v) is 48.0. The Morgan fingerprint density at radius 1 is 0.394 bits per heavy atom. The molecule has 3 N–H and O–H groups in total. The summed E-state index contributed by atoms with van der Waals surface area (Å²) in [5.74, 6) is -0.0538. The maximum absolute atomic E-state index is 12.5. The van der Waals surface area contributed by atoms with E-state index in [4.69, 9.17) is 4.74 Å². The molecule has 0 rings (SSSR count). The van der Waals surface area contributed by atoms with Crippen LogP contribution in [0.2, 0.25) is 0 Å². The Labute approximate surface area is 443 Å². The van der Waals surface area contributed by atoms with E-state index < -0.39 is 12.1 Å². The van der Waals surface area contributed by atoms with E-state index in [1.807, 2.05) is 0 Å². The van der Waals surface area contributed by atoms with Crippen LogP contribution in [0, 0.1) is 0 Å². The van der Waals surface area contributed by atoms with Crippen molar-refractivity contribution < 1.29 is 24.5 Å². The molecule has 0 aliphatic carbocycles. The SMILES string of the molecule is CCCCCCCCCCCCCCCCCCCCCCCCCCC(O)C(CO)NC(=O)CCCCCCCCCCCC/C=C\C=C/CCCCCOC(=O)CCCCCCCCCCCCC. The van der Waals surface area contributed by atoms with Gasteiger partial charge in [-0.25, -0.2) is 0 Å². The van der Waals surface area contributed by atoms with Gasteiger partial charge in [-0.3, -0.25) is 9.59 Å². The smallest absolute Gasteiger partial charge is 0.305 e. The van der Waals surface area contributed by atoms with Gasteiger partial charge in [0.2, 0.25) is 5.91 Å². The fourth-order valence-electron chi connectivity index (χ4n) is 10.1. The van der Waals surface area contributed by atoms with E-state index in [0.29, 0.717) is 25.9 Å². The number of allylic oxidation sites excluding steroid dienone is 4. The fraction of sp³-hybridized carbons (Fsp3) is 0.908. The highest BCUT2D eigenvalue weighted by atomic mass is 16.5. The molecule has 0 heterocycles. The van der Waals surface area contributed by atoms with E-state index in [1.54, 1.807) is 0 Å². The molecule has 0 aromatic heterocycles. The first-order valence-electron chi connectivity index (χ1n) is 32.1. The van der Waals surface area contributed by atoms with Crippen molar-refractivity contribution in [1.82, 2.24) is 5.32 Å². The van der Waals surface area contributed by atoms with Crippen molar-refractivity contribution >= 4 is 11.9 Å². The third-order valence-electron chi connectivity index (χ3n) is 15.0. The molecule has 0 aliphatic rings. The molecule has 0 bridgehead atoms. The van der Waals surface area contributed by atoms with Gasteiger partial charge in [-0.2, -0.15) is 0 Å². The van der Waals surface area contributed by atoms with Gasteiger partial charge < -0.3 is 20.3 Å². The van der Waals surface area contributed by atoms with Gasteiger partial charge in [0.05, 0.1) is 25.4 Å². The number of aliphatic hydroxyl groups is 2. The summed E-state index contributed by atoms with van der Waals surface area (Å²) in [7, 11) is 0. The summed E-state index contributed by atoms with van der Waals surface area (Å²) in [6.07, 6.45) is 74.8. The molecule has 6 nitrogen and oxygen atoms in total. The number of aliphatic hydroxyl groups excluding tert-OH is 2. The molecular formula is C65H125NO5. The van der Waals surface area contributed by atoms with Gasteiger partial charge in [-0.15, -0.1) is 0 Å². The lowest BCUT2D eigenvalue weighted by Crippen LogP contribution is -2.45. The van der Waals surface area contributed by atoms with Crippen molar-refractivity contribution in [3.63, 3.8) is 0 Å². The number of esters is 1. The number of carbonyl (C=O) groups is 2. The molecule has 0 radical (unpaired) electrons. The summed E-state index contributed by atoms with van der Waals surface area (Å²) in [6, 6.07) is -0.550. The van der Waals surface area contributed by atoms with Crippen molar-refractivity contribution in [3.05, 3.63) is 24.3 Å². The number of rotatable bonds is 60. The second-order valence-electron chi connectivity index (χ2n) is 22.1. The minimum Gasteiger partial charge on any atom is -0.466 e. The van der Waals surface area contributed by atoms with Crippen LogP contribution in [0.15, 0.2) is 24.3 Å². The maximum Gasteiger partial charge on any atom is 0.305 e. The van der Waals surface area contributed by atoms with Gasteiger partial charge in [0.15, 0.2) is 0 Å². The third kappa shape index (κ3) is 57.5. The number of hydrogen-bond donors (Lipinski definition) is 3. The van der Waals surface area contributed by atoms with Crippen LogP contribution in [0.25, 0.3) is 0 Å². The number of nitrogens with one attached hydrogen (secondary N) is 1. The number of ether oxygens (including phenoxy) is 1. The molecule has 6 heteroatoms. The van der Waals surface area contributed by atoms with Gasteiger partial charge in [0.1, 0.15) is 0 Å². The van der Waals surface area contributed by atoms with E-state index in [0.717, 1.165) is 70.6 Å². The van der Waals surface area contributed by atoms with Gasteiger partial charge in [0, 0.05) is 12.8 Å². The fourth-order valence-corrected chi connectivity index (χ4v) is 10.1. The molecule has 2 unspecified atom stereocenters. The largest absolute Gasteiger partial charge is 0.466 e. The second-order valence-corrected chi connectivity index (χ2v) is 22.1. The van der Waals surface area contributed by atoms with Gasteiger partial charge in [-0.05, 0) is 57.8 Å². The first kappa shape index (κ1) is 69.3. The number of unbranched alkanes of at least 4 members (excludes halogenated alkanes) is 46. The molecule has 1 amide bonds. The second kappa shape index (κ2) is 60.9. The summed E-state index contributed by atoms with van der Waals surface area (Å²) in [5.41, 5.74) is 0. The minimum atomic E-state index is -0.672. The highest BCUT2D eigenvalue weighted by Crippen LogP contribution is 2.18. The molecule has 420 valence electrons. The minimum absolute atomic E-state index is 0.0129. The Morgan fingerprint density at radius 2 is 0.690 bits per heavy atom. The summed E-state index contributed by atoms with van der Waals surface area (Å²) < 4.78 is 5.44. The Hall–Kier alpha value is -1.66. The molecule has 2 atom stereocenters. The van der Waals surface area contributed by atoms with Gasteiger partial charge >= 0.3 is 5.97 Å². The number of amides is 1. The van der Waals surface area contributed by atoms with Crippen LogP contribution in [0.4, 0.5) is 0 Å². The number of carbonyl (C=O) groups excluding carboxylic acids is 2. The average Bonchev–Trinajstić information content (AvgIpc) is 3.37. The topological polar surface area (TPSA) is 95.9 Å². The van der Waals surface area contributed by atoms with Crippen molar-refractivity contribution in [1.29, 1.82) is 0 Å². The molecule has 0 fully saturated rings. The lowest BCUT2D eigenvalue weighted by atomic mass is 10.0. The van der Waals surface area contributed by atoms with Crippen molar-refractivity contribution in [2.24, 2.45) is 0 Å². The standard InChI is InChI=1S/C65H125NO5/c1-3-5-7-9-11-13-15-16-17-18-19-20-21-22-23-25-28-31-34-38-41-45-49-53-57-63(68)62(61-67)66-64(69)58-54-50-46-42-39-35-32-29-26-24-27-30-33-36-40-44-48-52-56-60-71-65(70)59-55-51-47-43-37-14-12-10-8-6-4-2/h30,33,36,40,62-63,67-68H,3-29,31-32,34-35,37-39,41-61H2,1-2H3,(H,66,69)/b33-30-,40-36-. The zero-order valence-electron chi connectivity index (χ0n) is 48.0. The summed E-state index contributed by atoms with van der Waals surface area (Å²) in [5, 5.41) is 23.4. The van der Waals surface area contributed by atoms with Crippen LogP contribution in [-0.4, -0.2) is 47.4 Å². The molecule has 0 saturated carbocycles. The zero-order chi connectivity index (χ0) is 51.4. The van der Waals surface area contributed by atoms with Gasteiger partial charge in [-0.1, -0.05) is 308 Å². The van der Waals surface area contributed by atoms with E-state index in [1.165, 1.54) is 250 Å². The predicted molar refractivity (Wildman–Crippen MR) is 310 cm³/mol. The van der Waals surface area contributed by atoms with Crippen molar-refractivity contribution in [3.8, 4) is 0 Å². The molecule has 0 aromatic rings. The first-order valence-corrected chi connectivity index (χ1v) is 32.1. The van der Waals surface area contributed by atoms with Crippen LogP contribution in [0.5, 0.6) is 0 Å². The lowest BCUT2D eigenvalue weighted by molar-refractivity contribution is -0.143. The molecule has 0 aromatic carbocycles. The summed E-state index contributed by atoms with van der Waals surface area (Å²) in [6.45, 7) is 4.93. The molecule has 71 heavy (non-hydrogen) atoms. The van der Waals surface area contributed by atoms with Crippen LogP contribution < -0.4 is 5.32 Å². The first-order chi connectivity index (χ1) is 35.0. The Kier molecular flexibility index (Phi) is 59.5. The summed E-state index contributed by atoms with van der Waals surface area (Å²) >= 11 is 0. The highest BCUT2D eigenvalue weighted by molar-refractivity contribution is 5.76. The van der Waals surface area contributed by atoms with Crippen molar-refractivity contribution in [2.45, 2.75) is 366 Å². The van der Waals surface area contributed by atoms with E-state index in [-0.39, 0.29) is 18.5 Å². The Bertz CT molecular complexity index is 1110. The molecule has 0 saturated heterocycles. The van der Waals surface area contributed by atoms with Crippen LogP contribution in [0.1, 0.15) is 354 Å². The number of hydrogen-bond acceptors (Lipinski definition) is 5. The molecular weight excluding hydrogens is 875 g/mol. The van der Waals surface area contributed by atoms with E-state index in [2.05, 4.69) is 43.5 Å². The van der Waals surface area contributed by atoms with Crippen LogP contribution in [0.3, 0.4) is 0 Å². The molecule has 0 aliphatic heterocycles. The average molecular weight is 1000 g/mol. The van der Waals surface area contributed by atoms with Crippen LogP contribution >= 0.6 is 0 Å². The maximum atomic E-state index is 12.5. The normalized spacial score (nSPS) is 12.7. The lowest BCUT2D eigenvalue weighted by Gasteiger charge is -2.22. The Balaban J connectivity index is 3.46. The molecule has 0 spiro atoms. The predicted octanol–water partition coefficient (Wildman–Crippen LogP) is 20.2. The Morgan fingerprint density at radius 3 is 1.04 bits per heavy atom.